The molecular formula is C14H13ClO2S. The van der Waals surface area contributed by atoms with Crippen molar-refractivity contribution in [2.45, 2.75) is 13.8 Å². The standard InChI is InChI=1S/C14H13ClO2S/c1-8-7-11(15)9(2)6-10(8)13(16)14-12(17-3)4-5-18-14/h4-7H,1-3H3. The Morgan fingerprint density at radius 1 is 1.28 bits per heavy atom. The monoisotopic (exact) mass is 280 g/mol. The van der Waals surface area contributed by atoms with Crippen LogP contribution in [0.3, 0.4) is 0 Å². The van der Waals surface area contributed by atoms with E-state index in [2.05, 4.69) is 0 Å². The number of benzene rings is 1. The number of halogens is 1. The minimum absolute atomic E-state index is 0.0147. The Balaban J connectivity index is 2.50. The van der Waals surface area contributed by atoms with Gasteiger partial charge in [0.25, 0.3) is 0 Å². The van der Waals surface area contributed by atoms with E-state index in [0.717, 1.165) is 11.1 Å². The van der Waals surface area contributed by atoms with Crippen molar-refractivity contribution in [2.75, 3.05) is 7.11 Å². The first kappa shape index (κ1) is 13.1. The summed E-state index contributed by atoms with van der Waals surface area (Å²) in [5.74, 6) is 0.608. The first-order valence-corrected chi connectivity index (χ1v) is 6.73. The van der Waals surface area contributed by atoms with E-state index in [-0.39, 0.29) is 5.78 Å². The quantitative estimate of drug-likeness (QED) is 0.786. The van der Waals surface area contributed by atoms with Gasteiger partial charge in [0.15, 0.2) is 0 Å². The molecule has 0 aliphatic heterocycles. The van der Waals surface area contributed by atoms with E-state index in [4.69, 9.17) is 16.3 Å². The maximum Gasteiger partial charge on any atom is 0.207 e. The molecule has 1 aromatic heterocycles. The fraction of sp³-hybridized carbons (Fsp3) is 0.214. The van der Waals surface area contributed by atoms with Crippen molar-refractivity contribution in [3.05, 3.63) is 50.2 Å². The average molecular weight is 281 g/mol. The molecular weight excluding hydrogens is 268 g/mol. The van der Waals surface area contributed by atoms with E-state index in [1.165, 1.54) is 11.3 Å². The summed E-state index contributed by atoms with van der Waals surface area (Å²) in [4.78, 5) is 13.1. The summed E-state index contributed by atoms with van der Waals surface area (Å²) >= 11 is 7.43. The van der Waals surface area contributed by atoms with E-state index in [1.54, 1.807) is 13.2 Å². The minimum atomic E-state index is -0.0147. The van der Waals surface area contributed by atoms with Gasteiger partial charge in [-0.3, -0.25) is 4.79 Å². The van der Waals surface area contributed by atoms with Crippen molar-refractivity contribution in [1.82, 2.24) is 0 Å². The van der Waals surface area contributed by atoms with Crippen LogP contribution in [0, 0.1) is 13.8 Å². The summed E-state index contributed by atoms with van der Waals surface area (Å²) in [5, 5.41) is 2.53. The van der Waals surface area contributed by atoms with Gasteiger partial charge in [-0.25, -0.2) is 0 Å². The van der Waals surface area contributed by atoms with Gasteiger partial charge in [-0.2, -0.15) is 0 Å². The summed E-state index contributed by atoms with van der Waals surface area (Å²) in [5.41, 5.74) is 2.46. The van der Waals surface area contributed by atoms with Crippen molar-refractivity contribution in [2.24, 2.45) is 0 Å². The lowest BCUT2D eigenvalue weighted by atomic mass is 10.0. The number of hydrogen-bond donors (Lipinski definition) is 0. The number of carbonyl (C=O) groups is 1. The smallest absolute Gasteiger partial charge is 0.207 e. The topological polar surface area (TPSA) is 26.3 Å². The third-order valence-electron chi connectivity index (χ3n) is 2.81. The van der Waals surface area contributed by atoms with Gasteiger partial charge in [0.1, 0.15) is 10.6 Å². The first-order chi connectivity index (χ1) is 8.54. The highest BCUT2D eigenvalue weighted by Gasteiger charge is 2.18. The molecule has 1 aromatic carbocycles. The molecule has 2 aromatic rings. The summed E-state index contributed by atoms with van der Waals surface area (Å²) in [6.07, 6.45) is 0. The zero-order chi connectivity index (χ0) is 13.3. The van der Waals surface area contributed by atoms with Gasteiger partial charge in [0.2, 0.25) is 5.78 Å². The van der Waals surface area contributed by atoms with Crippen LogP contribution in [-0.4, -0.2) is 12.9 Å². The molecule has 0 aliphatic rings. The van der Waals surface area contributed by atoms with E-state index in [1.807, 2.05) is 31.4 Å². The number of aryl methyl sites for hydroxylation is 2. The Labute approximate surface area is 115 Å². The van der Waals surface area contributed by atoms with Crippen LogP contribution in [0.25, 0.3) is 0 Å². The van der Waals surface area contributed by atoms with Gasteiger partial charge in [-0.1, -0.05) is 11.6 Å². The predicted octanol–water partition coefficient (Wildman–Crippen LogP) is 4.26. The lowest BCUT2D eigenvalue weighted by molar-refractivity contribution is 0.103. The van der Waals surface area contributed by atoms with Gasteiger partial charge in [-0.05, 0) is 48.6 Å². The molecule has 0 saturated heterocycles. The summed E-state index contributed by atoms with van der Waals surface area (Å²) in [7, 11) is 1.57. The molecule has 94 valence electrons. The molecule has 4 heteroatoms. The van der Waals surface area contributed by atoms with Crippen LogP contribution in [0.5, 0.6) is 5.75 Å². The third-order valence-corrected chi connectivity index (χ3v) is 4.11. The van der Waals surface area contributed by atoms with Crippen molar-refractivity contribution in [1.29, 1.82) is 0 Å². The van der Waals surface area contributed by atoms with Crippen LogP contribution in [0.1, 0.15) is 26.4 Å². The molecule has 0 atom stereocenters. The third kappa shape index (κ3) is 2.28. The lowest BCUT2D eigenvalue weighted by Gasteiger charge is -2.08. The molecule has 0 aliphatic carbocycles. The number of ether oxygens (including phenoxy) is 1. The SMILES string of the molecule is COc1ccsc1C(=O)c1cc(C)c(Cl)cc1C. The van der Waals surface area contributed by atoms with Crippen LogP contribution >= 0.6 is 22.9 Å². The first-order valence-electron chi connectivity index (χ1n) is 5.47. The molecule has 0 spiro atoms. The molecule has 0 saturated carbocycles. The highest BCUT2D eigenvalue weighted by Crippen LogP contribution is 2.29. The van der Waals surface area contributed by atoms with Gasteiger partial charge >= 0.3 is 0 Å². The van der Waals surface area contributed by atoms with Crippen LogP contribution < -0.4 is 4.74 Å². The molecule has 0 bridgehead atoms. The van der Waals surface area contributed by atoms with Crippen molar-refractivity contribution in [3.63, 3.8) is 0 Å². The molecule has 0 unspecified atom stereocenters. The molecule has 0 amide bonds. The lowest BCUT2D eigenvalue weighted by Crippen LogP contribution is -2.04. The highest BCUT2D eigenvalue weighted by atomic mass is 35.5. The van der Waals surface area contributed by atoms with Crippen molar-refractivity contribution in [3.8, 4) is 5.75 Å². The van der Waals surface area contributed by atoms with Crippen LogP contribution in [-0.2, 0) is 0 Å². The summed E-state index contributed by atoms with van der Waals surface area (Å²) in [6, 6.07) is 5.46. The Kier molecular flexibility index (Phi) is 3.73. The highest BCUT2D eigenvalue weighted by molar-refractivity contribution is 7.12. The molecule has 2 nitrogen and oxygen atoms in total. The number of thiophene rings is 1. The number of hydrogen-bond acceptors (Lipinski definition) is 3. The van der Waals surface area contributed by atoms with Gasteiger partial charge < -0.3 is 4.74 Å². The minimum Gasteiger partial charge on any atom is -0.495 e. The van der Waals surface area contributed by atoms with Crippen LogP contribution in [0.2, 0.25) is 5.02 Å². The second-order valence-corrected chi connectivity index (χ2v) is 5.39. The van der Waals surface area contributed by atoms with Crippen molar-refractivity contribution < 1.29 is 9.53 Å². The Hall–Kier alpha value is -1.32. The maximum absolute atomic E-state index is 12.5. The van der Waals surface area contributed by atoms with E-state index in [9.17, 15) is 4.79 Å². The number of carbonyl (C=O) groups excluding carboxylic acids is 1. The number of rotatable bonds is 3. The summed E-state index contributed by atoms with van der Waals surface area (Å²) < 4.78 is 5.19. The van der Waals surface area contributed by atoms with Gasteiger partial charge in [0.05, 0.1) is 7.11 Å². The largest absolute Gasteiger partial charge is 0.495 e. The average Bonchev–Trinajstić information content (AvgIpc) is 2.81. The zero-order valence-electron chi connectivity index (χ0n) is 10.4. The fourth-order valence-corrected chi connectivity index (χ4v) is 2.80. The number of ketones is 1. The molecule has 0 N–H and O–H groups in total. The summed E-state index contributed by atoms with van der Waals surface area (Å²) in [6.45, 7) is 3.78. The molecule has 0 fully saturated rings. The van der Waals surface area contributed by atoms with Gasteiger partial charge in [0, 0.05) is 10.6 Å². The molecule has 2 rings (SSSR count). The Morgan fingerprint density at radius 2 is 2.00 bits per heavy atom. The number of methoxy groups -OCH3 is 1. The van der Waals surface area contributed by atoms with E-state index < -0.39 is 0 Å². The van der Waals surface area contributed by atoms with Crippen molar-refractivity contribution >= 4 is 28.7 Å². The second kappa shape index (κ2) is 5.12. The van der Waals surface area contributed by atoms with Gasteiger partial charge in [-0.15, -0.1) is 11.3 Å². The Morgan fingerprint density at radius 3 is 2.67 bits per heavy atom. The van der Waals surface area contributed by atoms with Crippen LogP contribution in [0.15, 0.2) is 23.6 Å². The second-order valence-electron chi connectivity index (χ2n) is 4.06. The van der Waals surface area contributed by atoms with E-state index in [0.29, 0.717) is 21.2 Å². The normalized spacial score (nSPS) is 10.4. The maximum atomic E-state index is 12.5. The van der Waals surface area contributed by atoms with Crippen LogP contribution in [0.4, 0.5) is 0 Å². The Bertz CT molecular complexity index is 602. The fourth-order valence-electron chi connectivity index (χ4n) is 1.77. The molecule has 18 heavy (non-hydrogen) atoms. The molecule has 0 radical (unpaired) electrons. The predicted molar refractivity (Wildman–Crippen MR) is 75.2 cm³/mol. The van der Waals surface area contributed by atoms with E-state index >= 15 is 0 Å². The molecule has 1 heterocycles. The zero-order valence-corrected chi connectivity index (χ0v) is 12.0.